The van der Waals surface area contributed by atoms with Gasteiger partial charge in [-0.2, -0.15) is 4.98 Å². The van der Waals surface area contributed by atoms with Gasteiger partial charge in [-0.05, 0) is 43.2 Å². The Morgan fingerprint density at radius 1 is 1.18 bits per heavy atom. The zero-order valence-electron chi connectivity index (χ0n) is 16.2. The number of carbonyl (C=O) groups is 1. The van der Waals surface area contributed by atoms with E-state index >= 15 is 0 Å². The third kappa shape index (κ3) is 4.27. The minimum atomic E-state index is -0.680. The van der Waals surface area contributed by atoms with Crippen LogP contribution in [-0.2, 0) is 17.9 Å². The molecular weight excluding hydrogens is 366 g/mol. The maximum absolute atomic E-state index is 13.3. The van der Waals surface area contributed by atoms with Crippen LogP contribution in [0.1, 0.15) is 42.4 Å². The van der Waals surface area contributed by atoms with Crippen molar-refractivity contribution in [2.24, 2.45) is 0 Å². The van der Waals surface area contributed by atoms with Crippen LogP contribution >= 0.6 is 0 Å². The van der Waals surface area contributed by atoms with Gasteiger partial charge in [0.15, 0.2) is 5.82 Å². The van der Waals surface area contributed by atoms with Gasteiger partial charge in [-0.3, -0.25) is 4.79 Å². The summed E-state index contributed by atoms with van der Waals surface area (Å²) in [4.78, 5) is 16.8. The van der Waals surface area contributed by atoms with Crippen LogP contribution in [0.5, 0.6) is 0 Å². The molecule has 8 heteroatoms. The summed E-state index contributed by atoms with van der Waals surface area (Å²) in [7, 11) is 0. The highest BCUT2D eigenvalue weighted by Crippen LogP contribution is 2.27. The van der Waals surface area contributed by atoms with E-state index in [2.05, 4.69) is 15.5 Å². The lowest BCUT2D eigenvalue weighted by molar-refractivity contribution is -0.121. The van der Waals surface area contributed by atoms with E-state index in [0.29, 0.717) is 23.0 Å². The largest absolute Gasteiger partial charge is 0.350 e. The molecule has 0 atom stereocenters. The van der Waals surface area contributed by atoms with Crippen LogP contribution < -0.4 is 5.32 Å². The van der Waals surface area contributed by atoms with Crippen LogP contribution in [0.3, 0.4) is 0 Å². The summed E-state index contributed by atoms with van der Waals surface area (Å²) < 4.78 is 33.7. The third-order valence-corrected chi connectivity index (χ3v) is 4.37. The van der Waals surface area contributed by atoms with Crippen LogP contribution in [-0.4, -0.2) is 20.6 Å². The van der Waals surface area contributed by atoms with Crippen molar-refractivity contribution < 1.29 is 18.1 Å². The highest BCUT2D eigenvalue weighted by Gasteiger charge is 2.20. The van der Waals surface area contributed by atoms with Gasteiger partial charge in [0.25, 0.3) is 5.89 Å². The second-order valence-electron chi connectivity index (χ2n) is 7.07. The van der Waals surface area contributed by atoms with Crippen molar-refractivity contribution >= 4 is 5.91 Å². The monoisotopic (exact) mass is 388 g/mol. The van der Waals surface area contributed by atoms with Gasteiger partial charge in [0.1, 0.15) is 23.9 Å². The van der Waals surface area contributed by atoms with Crippen molar-refractivity contribution in [2.45, 2.75) is 46.7 Å². The van der Waals surface area contributed by atoms with Crippen molar-refractivity contribution in [3.8, 4) is 11.6 Å². The third-order valence-electron chi connectivity index (χ3n) is 4.37. The summed E-state index contributed by atoms with van der Waals surface area (Å²) in [5, 5.41) is 6.66. The Hall–Kier alpha value is -3.03. The van der Waals surface area contributed by atoms with E-state index in [1.165, 1.54) is 12.1 Å². The second kappa shape index (κ2) is 7.92. The van der Waals surface area contributed by atoms with Gasteiger partial charge in [0, 0.05) is 24.2 Å². The maximum atomic E-state index is 13.3. The minimum absolute atomic E-state index is 0.0200. The van der Waals surface area contributed by atoms with Crippen molar-refractivity contribution in [3.63, 3.8) is 0 Å². The van der Waals surface area contributed by atoms with Gasteiger partial charge < -0.3 is 14.4 Å². The van der Waals surface area contributed by atoms with Crippen molar-refractivity contribution in [2.75, 3.05) is 0 Å². The number of hydrogen-bond donors (Lipinski definition) is 1. The molecule has 0 saturated carbocycles. The van der Waals surface area contributed by atoms with Gasteiger partial charge in [-0.1, -0.05) is 19.0 Å². The summed E-state index contributed by atoms with van der Waals surface area (Å²) in [6.45, 7) is 7.77. The molecule has 0 unspecified atom stereocenters. The fraction of sp³-hybridized carbons (Fsp3) is 0.350. The molecule has 2 aromatic heterocycles. The fourth-order valence-electron chi connectivity index (χ4n) is 3.02. The lowest BCUT2D eigenvalue weighted by atomic mass is 10.2. The second-order valence-corrected chi connectivity index (χ2v) is 7.07. The molecule has 6 nitrogen and oxygen atoms in total. The van der Waals surface area contributed by atoms with Crippen molar-refractivity contribution in [1.29, 1.82) is 0 Å². The average Bonchev–Trinajstić information content (AvgIpc) is 3.17. The van der Waals surface area contributed by atoms with E-state index < -0.39 is 11.6 Å². The highest BCUT2D eigenvalue weighted by atomic mass is 19.1. The first-order chi connectivity index (χ1) is 13.2. The molecule has 3 rings (SSSR count). The molecule has 0 bridgehead atoms. The molecular formula is C20H22F2N4O2. The van der Waals surface area contributed by atoms with Crippen LogP contribution in [0, 0.1) is 25.5 Å². The number of benzene rings is 1. The van der Waals surface area contributed by atoms with Crippen LogP contribution in [0.15, 0.2) is 28.8 Å². The van der Waals surface area contributed by atoms with Crippen molar-refractivity contribution in [3.05, 3.63) is 58.5 Å². The molecule has 0 spiro atoms. The van der Waals surface area contributed by atoms with E-state index in [1.54, 1.807) is 4.57 Å². The number of carbonyl (C=O) groups excluding carboxylic acids is 1. The predicted octanol–water partition coefficient (Wildman–Crippen LogP) is 3.87. The molecule has 1 amide bonds. The predicted molar refractivity (Wildman–Crippen MR) is 99.5 cm³/mol. The average molecular weight is 388 g/mol. The molecule has 0 radical (unpaired) electrons. The van der Waals surface area contributed by atoms with Gasteiger partial charge in [-0.15, -0.1) is 0 Å². The number of hydrogen-bond acceptors (Lipinski definition) is 4. The standard InChI is InChI=1S/C20H22F2N4O2/c1-11(2)19-24-20(28-25-19)18-12(3)5-13(4)26(18)10-17(27)23-9-14-6-15(21)8-16(22)7-14/h5-8,11H,9-10H2,1-4H3,(H,23,27). The van der Waals surface area contributed by atoms with Gasteiger partial charge >= 0.3 is 0 Å². The molecule has 0 aliphatic heterocycles. The van der Waals surface area contributed by atoms with Crippen LogP contribution in [0.2, 0.25) is 0 Å². The van der Waals surface area contributed by atoms with E-state index in [0.717, 1.165) is 17.3 Å². The number of rotatable bonds is 6. The van der Waals surface area contributed by atoms with Gasteiger partial charge in [0.2, 0.25) is 5.91 Å². The van der Waals surface area contributed by atoms with Crippen LogP contribution in [0.4, 0.5) is 8.78 Å². The van der Waals surface area contributed by atoms with E-state index in [1.807, 2.05) is 33.8 Å². The summed E-state index contributed by atoms with van der Waals surface area (Å²) >= 11 is 0. The Labute approximate surface area is 161 Å². The normalized spacial score (nSPS) is 11.2. The lowest BCUT2D eigenvalue weighted by Gasteiger charge is -2.11. The number of nitrogens with one attached hydrogen (secondary N) is 1. The molecule has 0 aliphatic carbocycles. The summed E-state index contributed by atoms with van der Waals surface area (Å²) in [5.74, 6) is -0.585. The Kier molecular flexibility index (Phi) is 5.58. The summed E-state index contributed by atoms with van der Waals surface area (Å²) in [6.07, 6.45) is 0. The van der Waals surface area contributed by atoms with Gasteiger partial charge in [0.05, 0.1) is 0 Å². The molecule has 28 heavy (non-hydrogen) atoms. The number of nitrogens with zero attached hydrogens (tertiary/aromatic N) is 3. The number of amides is 1. The summed E-state index contributed by atoms with van der Waals surface area (Å²) in [6, 6.07) is 5.10. The first kappa shape index (κ1) is 19.7. The van der Waals surface area contributed by atoms with Gasteiger partial charge in [-0.25, -0.2) is 8.78 Å². The first-order valence-electron chi connectivity index (χ1n) is 8.97. The molecule has 2 heterocycles. The molecule has 1 N–H and O–H groups in total. The smallest absolute Gasteiger partial charge is 0.274 e. The maximum Gasteiger partial charge on any atom is 0.274 e. The Morgan fingerprint density at radius 3 is 2.46 bits per heavy atom. The number of aryl methyl sites for hydroxylation is 2. The topological polar surface area (TPSA) is 73.0 Å². The first-order valence-corrected chi connectivity index (χ1v) is 8.97. The molecule has 148 valence electrons. The number of halogens is 2. The SMILES string of the molecule is Cc1cc(C)n(CC(=O)NCc2cc(F)cc(F)c2)c1-c1nc(C(C)C)no1. The minimum Gasteiger partial charge on any atom is -0.350 e. The van der Waals surface area contributed by atoms with Crippen LogP contribution in [0.25, 0.3) is 11.6 Å². The molecule has 0 fully saturated rings. The zero-order valence-corrected chi connectivity index (χ0v) is 16.2. The summed E-state index contributed by atoms with van der Waals surface area (Å²) in [5.41, 5.74) is 2.81. The molecule has 3 aromatic rings. The fourth-order valence-corrected chi connectivity index (χ4v) is 3.02. The zero-order chi connectivity index (χ0) is 20.4. The van der Waals surface area contributed by atoms with E-state index in [-0.39, 0.29) is 24.9 Å². The van der Waals surface area contributed by atoms with E-state index in [4.69, 9.17) is 4.52 Å². The van der Waals surface area contributed by atoms with Crippen molar-refractivity contribution in [1.82, 2.24) is 20.0 Å². The molecule has 1 aromatic carbocycles. The van der Waals surface area contributed by atoms with E-state index in [9.17, 15) is 13.6 Å². The highest BCUT2D eigenvalue weighted by molar-refractivity contribution is 5.77. The Balaban J connectivity index is 1.77. The quantitative estimate of drug-likeness (QED) is 0.696. The lowest BCUT2D eigenvalue weighted by Crippen LogP contribution is -2.27. The molecule has 0 aliphatic rings. The number of aromatic nitrogens is 3. The Bertz CT molecular complexity index is 988. The molecule has 0 saturated heterocycles. The Morgan fingerprint density at radius 2 is 1.86 bits per heavy atom.